The van der Waals surface area contributed by atoms with Crippen molar-refractivity contribution in [3.8, 4) is 0 Å². The molecule has 0 unspecified atom stereocenters. The lowest BCUT2D eigenvalue weighted by atomic mass is 9.71. The van der Waals surface area contributed by atoms with Gasteiger partial charge in [-0.05, 0) is 56.0 Å². The monoisotopic (exact) mass is 263 g/mol. The Kier molecular flexibility index (Phi) is 5.03. The van der Waals surface area contributed by atoms with Gasteiger partial charge < -0.3 is 5.32 Å². The maximum Gasteiger partial charge on any atom is 0.0489 e. The summed E-state index contributed by atoms with van der Waals surface area (Å²) >= 11 is 0. The zero-order valence-corrected chi connectivity index (χ0v) is 12.7. The molecule has 0 atom stereocenters. The minimum Gasteiger partial charge on any atom is -0.314 e. The van der Waals surface area contributed by atoms with Gasteiger partial charge in [-0.1, -0.05) is 20.8 Å². The van der Waals surface area contributed by atoms with Gasteiger partial charge in [0.05, 0.1) is 0 Å². The van der Waals surface area contributed by atoms with Crippen LogP contribution in [0, 0.1) is 11.3 Å². The Hall–Kier alpha value is -0.830. The van der Waals surface area contributed by atoms with Crippen LogP contribution in [0.3, 0.4) is 0 Å². The van der Waals surface area contributed by atoms with Crippen molar-refractivity contribution in [1.82, 2.24) is 15.1 Å². The van der Waals surface area contributed by atoms with Crippen LogP contribution in [0.5, 0.6) is 0 Å². The molecule has 1 saturated carbocycles. The summed E-state index contributed by atoms with van der Waals surface area (Å²) in [5.41, 5.74) is 0.491. The Morgan fingerprint density at radius 3 is 2.53 bits per heavy atom. The van der Waals surface area contributed by atoms with Crippen molar-refractivity contribution < 1.29 is 0 Å². The molecule has 0 spiro atoms. The van der Waals surface area contributed by atoms with Crippen LogP contribution in [0.2, 0.25) is 0 Å². The van der Waals surface area contributed by atoms with Crippen molar-refractivity contribution in [1.29, 1.82) is 0 Å². The fraction of sp³-hybridized carbons (Fsp3) is 0.812. The van der Waals surface area contributed by atoms with Crippen molar-refractivity contribution in [3.63, 3.8) is 0 Å². The number of aromatic nitrogens is 2. The van der Waals surface area contributed by atoms with Gasteiger partial charge in [0, 0.05) is 25.0 Å². The topological polar surface area (TPSA) is 29.9 Å². The predicted molar refractivity (Wildman–Crippen MR) is 80.0 cm³/mol. The average molecular weight is 263 g/mol. The second kappa shape index (κ2) is 6.56. The van der Waals surface area contributed by atoms with Gasteiger partial charge >= 0.3 is 0 Å². The van der Waals surface area contributed by atoms with Crippen LogP contribution in [0.1, 0.15) is 52.9 Å². The SMILES string of the molecule is CC(C)(C)C1CCC(NCCCn2cccn2)CC1. The van der Waals surface area contributed by atoms with Crippen molar-refractivity contribution in [2.45, 2.75) is 65.5 Å². The van der Waals surface area contributed by atoms with E-state index in [2.05, 4.69) is 31.2 Å². The highest BCUT2D eigenvalue weighted by Gasteiger charge is 2.29. The van der Waals surface area contributed by atoms with E-state index in [-0.39, 0.29) is 0 Å². The summed E-state index contributed by atoms with van der Waals surface area (Å²) in [7, 11) is 0. The molecule has 0 radical (unpaired) electrons. The molecule has 3 heteroatoms. The van der Waals surface area contributed by atoms with Gasteiger partial charge in [-0.3, -0.25) is 4.68 Å². The first-order valence-corrected chi connectivity index (χ1v) is 7.76. The Labute approximate surface area is 117 Å². The van der Waals surface area contributed by atoms with Crippen LogP contribution in [0.25, 0.3) is 0 Å². The average Bonchev–Trinajstić information content (AvgIpc) is 2.87. The van der Waals surface area contributed by atoms with Gasteiger partial charge in [-0.15, -0.1) is 0 Å². The van der Waals surface area contributed by atoms with Crippen LogP contribution in [-0.4, -0.2) is 22.4 Å². The van der Waals surface area contributed by atoms with E-state index in [1.54, 1.807) is 0 Å². The Bertz CT molecular complexity index is 343. The Morgan fingerprint density at radius 2 is 1.95 bits per heavy atom. The second-order valence-corrected chi connectivity index (χ2v) is 6.99. The standard InChI is InChI=1S/C16H29N3/c1-16(2,3)14-6-8-15(9-7-14)17-10-4-12-19-13-5-11-18-19/h5,11,13-15,17H,4,6-10,12H2,1-3H3. The summed E-state index contributed by atoms with van der Waals surface area (Å²) in [4.78, 5) is 0. The summed E-state index contributed by atoms with van der Waals surface area (Å²) in [5.74, 6) is 0.912. The minimum absolute atomic E-state index is 0.491. The van der Waals surface area contributed by atoms with Gasteiger partial charge in [0.15, 0.2) is 0 Å². The number of nitrogens with one attached hydrogen (secondary N) is 1. The molecule has 1 aromatic rings. The molecule has 108 valence electrons. The van der Waals surface area contributed by atoms with Crippen LogP contribution < -0.4 is 5.32 Å². The second-order valence-electron chi connectivity index (χ2n) is 6.99. The number of nitrogens with zero attached hydrogens (tertiary/aromatic N) is 2. The smallest absolute Gasteiger partial charge is 0.0489 e. The molecule has 1 aliphatic rings. The number of rotatable bonds is 5. The van der Waals surface area contributed by atoms with E-state index in [1.807, 2.05) is 23.1 Å². The lowest BCUT2D eigenvalue weighted by Crippen LogP contribution is -2.36. The minimum atomic E-state index is 0.491. The number of hydrogen-bond acceptors (Lipinski definition) is 2. The maximum atomic E-state index is 4.23. The summed E-state index contributed by atoms with van der Waals surface area (Å²) in [5, 5.41) is 7.94. The predicted octanol–water partition coefficient (Wildman–Crippen LogP) is 3.47. The molecule has 3 nitrogen and oxygen atoms in total. The third kappa shape index (κ3) is 4.64. The van der Waals surface area contributed by atoms with Gasteiger partial charge in [-0.25, -0.2) is 0 Å². The molecule has 2 rings (SSSR count). The summed E-state index contributed by atoms with van der Waals surface area (Å²) in [6.07, 6.45) is 10.5. The number of aryl methyl sites for hydroxylation is 1. The van der Waals surface area contributed by atoms with Crippen molar-refractivity contribution in [3.05, 3.63) is 18.5 Å². The summed E-state index contributed by atoms with van der Waals surface area (Å²) in [6.45, 7) is 9.29. The number of hydrogen-bond donors (Lipinski definition) is 1. The largest absolute Gasteiger partial charge is 0.314 e. The molecule has 1 N–H and O–H groups in total. The quantitative estimate of drug-likeness (QED) is 0.824. The van der Waals surface area contributed by atoms with Crippen molar-refractivity contribution in [2.75, 3.05) is 6.54 Å². The highest BCUT2D eigenvalue weighted by Crippen LogP contribution is 2.37. The Balaban J connectivity index is 1.58. The van der Waals surface area contributed by atoms with Crippen molar-refractivity contribution in [2.24, 2.45) is 11.3 Å². The highest BCUT2D eigenvalue weighted by atomic mass is 15.3. The van der Waals surface area contributed by atoms with Crippen LogP contribution >= 0.6 is 0 Å². The summed E-state index contributed by atoms with van der Waals surface area (Å²) < 4.78 is 2.01. The molecular weight excluding hydrogens is 234 g/mol. The van der Waals surface area contributed by atoms with Crippen molar-refractivity contribution >= 4 is 0 Å². The fourth-order valence-corrected chi connectivity index (χ4v) is 3.14. The lowest BCUT2D eigenvalue weighted by molar-refractivity contribution is 0.160. The maximum absolute atomic E-state index is 4.23. The Morgan fingerprint density at radius 1 is 1.21 bits per heavy atom. The third-order valence-corrected chi connectivity index (χ3v) is 4.51. The molecule has 1 aliphatic carbocycles. The van der Waals surface area contributed by atoms with Crippen LogP contribution in [0.4, 0.5) is 0 Å². The van der Waals surface area contributed by atoms with E-state index in [0.717, 1.165) is 25.0 Å². The van der Waals surface area contributed by atoms with Gasteiger partial charge in [-0.2, -0.15) is 5.10 Å². The van der Waals surface area contributed by atoms with E-state index in [0.29, 0.717) is 5.41 Å². The van der Waals surface area contributed by atoms with Crippen LogP contribution in [0.15, 0.2) is 18.5 Å². The molecule has 0 saturated heterocycles. The summed E-state index contributed by atoms with van der Waals surface area (Å²) in [6, 6.07) is 2.73. The van der Waals surface area contributed by atoms with Gasteiger partial charge in [0.1, 0.15) is 0 Å². The third-order valence-electron chi connectivity index (χ3n) is 4.51. The molecule has 19 heavy (non-hydrogen) atoms. The fourth-order valence-electron chi connectivity index (χ4n) is 3.14. The molecule has 0 aliphatic heterocycles. The molecule has 0 aromatic carbocycles. The molecule has 1 heterocycles. The van der Waals surface area contributed by atoms with E-state index in [9.17, 15) is 0 Å². The first kappa shape index (κ1) is 14.6. The molecule has 1 aromatic heterocycles. The molecular formula is C16H29N3. The zero-order chi connectivity index (χ0) is 13.7. The van der Waals surface area contributed by atoms with E-state index >= 15 is 0 Å². The van der Waals surface area contributed by atoms with Gasteiger partial charge in [0.25, 0.3) is 0 Å². The first-order valence-electron chi connectivity index (χ1n) is 7.76. The highest BCUT2D eigenvalue weighted by molar-refractivity contribution is 4.83. The molecule has 0 bridgehead atoms. The van der Waals surface area contributed by atoms with Gasteiger partial charge in [0.2, 0.25) is 0 Å². The van der Waals surface area contributed by atoms with E-state index in [4.69, 9.17) is 0 Å². The lowest BCUT2D eigenvalue weighted by Gasteiger charge is -2.37. The normalized spacial score (nSPS) is 24.6. The van der Waals surface area contributed by atoms with Crippen LogP contribution in [-0.2, 0) is 6.54 Å². The molecule has 0 amide bonds. The first-order chi connectivity index (χ1) is 9.05. The van der Waals surface area contributed by atoms with E-state index < -0.39 is 0 Å². The van der Waals surface area contributed by atoms with E-state index in [1.165, 1.54) is 32.1 Å². The zero-order valence-electron chi connectivity index (χ0n) is 12.7. The molecule has 1 fully saturated rings.